The summed E-state index contributed by atoms with van der Waals surface area (Å²) >= 11 is 0. The predicted molar refractivity (Wildman–Crippen MR) is 89.5 cm³/mol. The van der Waals surface area contributed by atoms with E-state index in [1.165, 1.54) is 26.7 Å². The van der Waals surface area contributed by atoms with Crippen LogP contribution < -0.4 is 20.1 Å². The smallest absolute Gasteiger partial charge is 0.313 e. The molecular weight excluding hydrogens is 328 g/mol. The van der Waals surface area contributed by atoms with Gasteiger partial charge in [-0.15, -0.1) is 0 Å². The number of hydrogen-bond acceptors (Lipinski definition) is 6. The van der Waals surface area contributed by atoms with Gasteiger partial charge in [0.25, 0.3) is 0 Å². The molecule has 8 nitrogen and oxygen atoms in total. The van der Waals surface area contributed by atoms with Gasteiger partial charge in [-0.1, -0.05) is 0 Å². The molecule has 134 valence electrons. The molecule has 0 aliphatic rings. The maximum absolute atomic E-state index is 12.0. The summed E-state index contributed by atoms with van der Waals surface area (Å²) in [5.74, 6) is -0.707. The number of hydrogen-bond donors (Lipinski definition) is 3. The Morgan fingerprint density at radius 1 is 1.20 bits per heavy atom. The monoisotopic (exact) mass is 348 g/mol. The molecule has 2 amide bonds. The van der Waals surface area contributed by atoms with Crippen molar-refractivity contribution in [1.29, 1.82) is 0 Å². The second-order valence-corrected chi connectivity index (χ2v) is 5.14. The van der Waals surface area contributed by atoms with Gasteiger partial charge in [-0.2, -0.15) is 0 Å². The molecule has 0 bridgehead atoms. The molecule has 1 atom stereocenters. The summed E-state index contributed by atoms with van der Waals surface area (Å²) in [6, 6.07) is 6.44. The summed E-state index contributed by atoms with van der Waals surface area (Å²) in [7, 11) is 2.96. The van der Waals surface area contributed by atoms with E-state index in [-0.39, 0.29) is 13.0 Å². The highest BCUT2D eigenvalue weighted by Gasteiger charge is 2.17. The lowest BCUT2D eigenvalue weighted by Gasteiger charge is -2.12. The number of carbonyl (C=O) groups is 2. The average Bonchev–Trinajstić information content (AvgIpc) is 3.16. The topological polar surface area (TPSA) is 110 Å². The molecule has 1 unspecified atom stereocenters. The van der Waals surface area contributed by atoms with E-state index in [0.717, 1.165) is 0 Å². The first-order valence-corrected chi connectivity index (χ1v) is 7.56. The van der Waals surface area contributed by atoms with Crippen LogP contribution in [0.2, 0.25) is 0 Å². The van der Waals surface area contributed by atoms with Gasteiger partial charge in [0.05, 0.1) is 38.5 Å². The van der Waals surface area contributed by atoms with Crippen LogP contribution in [0.3, 0.4) is 0 Å². The minimum atomic E-state index is -0.832. The van der Waals surface area contributed by atoms with E-state index >= 15 is 0 Å². The Hall–Kier alpha value is -3.00. The van der Waals surface area contributed by atoms with Crippen LogP contribution >= 0.6 is 0 Å². The van der Waals surface area contributed by atoms with E-state index in [4.69, 9.17) is 13.9 Å². The van der Waals surface area contributed by atoms with Gasteiger partial charge in [0.15, 0.2) is 0 Å². The van der Waals surface area contributed by atoms with Crippen molar-refractivity contribution in [3.63, 3.8) is 0 Å². The number of aliphatic hydroxyl groups excluding tert-OH is 1. The maximum Gasteiger partial charge on any atom is 0.313 e. The van der Waals surface area contributed by atoms with Gasteiger partial charge in [0.1, 0.15) is 11.5 Å². The first-order valence-electron chi connectivity index (χ1n) is 7.56. The third-order valence-electron chi connectivity index (χ3n) is 3.49. The van der Waals surface area contributed by atoms with Crippen molar-refractivity contribution < 1.29 is 28.6 Å². The lowest BCUT2D eigenvalue weighted by molar-refractivity contribution is -0.136. The van der Waals surface area contributed by atoms with Crippen molar-refractivity contribution >= 4 is 17.5 Å². The number of benzene rings is 1. The summed E-state index contributed by atoms with van der Waals surface area (Å²) in [5, 5.41) is 14.8. The molecule has 1 aromatic heterocycles. The van der Waals surface area contributed by atoms with Crippen molar-refractivity contribution in [3.8, 4) is 11.5 Å². The highest BCUT2D eigenvalue weighted by molar-refractivity contribution is 6.39. The van der Waals surface area contributed by atoms with Crippen LogP contribution in [0.1, 0.15) is 18.1 Å². The Kier molecular flexibility index (Phi) is 6.41. The highest BCUT2D eigenvalue weighted by Crippen LogP contribution is 2.28. The summed E-state index contributed by atoms with van der Waals surface area (Å²) < 4.78 is 15.1. The molecule has 2 aromatic rings. The summed E-state index contributed by atoms with van der Waals surface area (Å²) in [5.41, 5.74) is 0.962. The van der Waals surface area contributed by atoms with Crippen molar-refractivity contribution in [2.24, 2.45) is 0 Å². The molecule has 8 heteroatoms. The Morgan fingerprint density at radius 3 is 2.64 bits per heavy atom. The molecule has 0 radical (unpaired) electrons. The number of carbonyl (C=O) groups excluding carboxylic acids is 2. The van der Waals surface area contributed by atoms with E-state index < -0.39 is 17.9 Å². The van der Waals surface area contributed by atoms with Gasteiger partial charge in [-0.25, -0.2) is 0 Å². The summed E-state index contributed by atoms with van der Waals surface area (Å²) in [6.07, 6.45) is 2.36. The van der Waals surface area contributed by atoms with E-state index in [1.807, 2.05) is 0 Å². The van der Waals surface area contributed by atoms with E-state index in [2.05, 4.69) is 10.6 Å². The second kappa shape index (κ2) is 8.74. The summed E-state index contributed by atoms with van der Waals surface area (Å²) in [6.45, 7) is 0.137. The molecule has 0 aliphatic heterocycles. The quantitative estimate of drug-likeness (QED) is 0.654. The number of nitrogens with one attached hydrogen (secondary N) is 2. The Bertz CT molecular complexity index is 714. The molecule has 0 saturated carbocycles. The largest absolute Gasteiger partial charge is 0.497 e. The van der Waals surface area contributed by atoms with Crippen LogP contribution in [0.25, 0.3) is 0 Å². The zero-order chi connectivity index (χ0) is 18.2. The number of rotatable bonds is 7. The van der Waals surface area contributed by atoms with Crippen molar-refractivity contribution in [2.45, 2.75) is 12.5 Å². The Labute approximate surface area is 144 Å². The lowest BCUT2D eigenvalue weighted by atomic mass is 10.1. The first kappa shape index (κ1) is 18.3. The van der Waals surface area contributed by atoms with Crippen molar-refractivity contribution in [3.05, 3.63) is 42.4 Å². The molecule has 0 fully saturated rings. The van der Waals surface area contributed by atoms with Crippen LogP contribution in [0.15, 0.2) is 41.2 Å². The highest BCUT2D eigenvalue weighted by atomic mass is 16.5. The number of furan rings is 1. The number of ether oxygens (including phenoxy) is 2. The number of methoxy groups -OCH3 is 2. The number of amides is 2. The normalized spacial score (nSPS) is 11.5. The van der Waals surface area contributed by atoms with Gasteiger partial charge in [-0.05, 0) is 24.6 Å². The standard InChI is InChI=1S/C17H20N2O6/c1-23-12-3-4-13(15(9-12)24-2)19-17(22)16(21)18-7-5-14(20)11-6-8-25-10-11/h3-4,6,8-10,14,20H,5,7H2,1-2H3,(H,18,21)(H,19,22). The SMILES string of the molecule is COc1ccc(NC(=O)C(=O)NCCC(O)c2ccoc2)c(OC)c1. The van der Waals surface area contributed by atoms with Gasteiger partial charge >= 0.3 is 11.8 Å². The van der Waals surface area contributed by atoms with Crippen LogP contribution in [0.4, 0.5) is 5.69 Å². The van der Waals surface area contributed by atoms with Gasteiger partial charge in [0, 0.05) is 18.2 Å². The molecule has 0 spiro atoms. The van der Waals surface area contributed by atoms with Gasteiger partial charge in [0.2, 0.25) is 0 Å². The molecule has 0 aliphatic carbocycles. The van der Waals surface area contributed by atoms with Gasteiger partial charge < -0.3 is 29.6 Å². The van der Waals surface area contributed by atoms with E-state index in [1.54, 1.807) is 24.3 Å². The van der Waals surface area contributed by atoms with Crippen LogP contribution in [-0.2, 0) is 9.59 Å². The third-order valence-corrected chi connectivity index (χ3v) is 3.49. The fourth-order valence-corrected chi connectivity index (χ4v) is 2.11. The fourth-order valence-electron chi connectivity index (χ4n) is 2.11. The molecule has 25 heavy (non-hydrogen) atoms. The summed E-state index contributed by atoms with van der Waals surface area (Å²) in [4.78, 5) is 23.8. The van der Waals surface area contributed by atoms with Crippen LogP contribution in [-0.4, -0.2) is 37.7 Å². The third kappa shape index (κ3) is 4.98. The minimum absolute atomic E-state index is 0.137. The fraction of sp³-hybridized carbons (Fsp3) is 0.294. The van der Waals surface area contributed by atoms with E-state index in [0.29, 0.717) is 22.7 Å². The molecule has 3 N–H and O–H groups in total. The zero-order valence-corrected chi connectivity index (χ0v) is 13.9. The van der Waals surface area contributed by atoms with Crippen molar-refractivity contribution in [2.75, 3.05) is 26.1 Å². The second-order valence-electron chi connectivity index (χ2n) is 5.14. The van der Waals surface area contributed by atoms with E-state index in [9.17, 15) is 14.7 Å². The Balaban J connectivity index is 1.85. The molecule has 1 heterocycles. The molecule has 1 aromatic carbocycles. The minimum Gasteiger partial charge on any atom is -0.497 e. The molecule has 0 saturated heterocycles. The zero-order valence-electron chi connectivity index (χ0n) is 13.9. The van der Waals surface area contributed by atoms with Crippen molar-refractivity contribution in [1.82, 2.24) is 5.32 Å². The number of aliphatic hydroxyl groups is 1. The Morgan fingerprint density at radius 2 is 2.00 bits per heavy atom. The number of anilines is 1. The lowest BCUT2D eigenvalue weighted by Crippen LogP contribution is -2.36. The van der Waals surface area contributed by atoms with Crippen LogP contribution in [0, 0.1) is 0 Å². The molecular formula is C17H20N2O6. The van der Waals surface area contributed by atoms with Crippen LogP contribution in [0.5, 0.6) is 11.5 Å². The maximum atomic E-state index is 12.0. The molecule has 2 rings (SSSR count). The average molecular weight is 348 g/mol. The first-order chi connectivity index (χ1) is 12.0. The predicted octanol–water partition coefficient (Wildman–Crippen LogP) is 1.48. The van der Waals surface area contributed by atoms with Gasteiger partial charge in [-0.3, -0.25) is 9.59 Å².